The second kappa shape index (κ2) is 10.4. The molecule has 0 N–H and O–H groups in total. The molecule has 0 aromatic rings. The van der Waals surface area contributed by atoms with Crippen molar-refractivity contribution in [2.75, 3.05) is 0 Å². The summed E-state index contributed by atoms with van der Waals surface area (Å²) in [7, 11) is -3.05. The van der Waals surface area contributed by atoms with Gasteiger partial charge in [-0.2, -0.15) is 0 Å². The maximum absolute atomic E-state index is 11.5. The Balaban J connectivity index is 4.06. The van der Waals surface area contributed by atoms with E-state index in [-0.39, 0.29) is 12.2 Å². The number of carbonyl (C=O) groups is 2. The van der Waals surface area contributed by atoms with Gasteiger partial charge in [-0.3, -0.25) is 13.6 Å². The van der Waals surface area contributed by atoms with Crippen LogP contribution in [0.1, 0.15) is 41.5 Å². The van der Waals surface area contributed by atoms with Crippen LogP contribution in [0.5, 0.6) is 0 Å². The van der Waals surface area contributed by atoms with E-state index in [2.05, 4.69) is 9.47 Å². The van der Waals surface area contributed by atoms with Crippen molar-refractivity contribution in [1.29, 1.82) is 0 Å². The second-order valence-corrected chi connectivity index (χ2v) is 5.66. The van der Waals surface area contributed by atoms with E-state index in [1.54, 1.807) is 27.7 Å². The van der Waals surface area contributed by atoms with Crippen LogP contribution in [0.25, 0.3) is 0 Å². The third-order valence-corrected chi connectivity index (χ3v) is 2.76. The first-order valence-electron chi connectivity index (χ1n) is 6.72. The summed E-state index contributed by atoms with van der Waals surface area (Å²) in [5.41, 5.74) is 0. The minimum atomic E-state index is -3.05. The van der Waals surface area contributed by atoms with Crippen LogP contribution in [0.2, 0.25) is 0 Å². The van der Waals surface area contributed by atoms with Crippen molar-refractivity contribution in [2.45, 2.75) is 66.3 Å². The summed E-state index contributed by atoms with van der Waals surface area (Å²) >= 11 is 0. The summed E-state index contributed by atoms with van der Waals surface area (Å²) in [6.07, 6.45) is -4.91. The quantitative estimate of drug-likeness (QED) is 0.373. The predicted molar refractivity (Wildman–Crippen MR) is 75.5 cm³/mol. The molecule has 0 aliphatic carbocycles. The van der Waals surface area contributed by atoms with Gasteiger partial charge < -0.3 is 18.9 Å². The van der Waals surface area contributed by atoms with E-state index in [0.29, 0.717) is 0 Å². The fraction of sp³-hybridized carbons (Fsp3) is 0.833. The highest BCUT2D eigenvalue weighted by Crippen LogP contribution is 2.29. The van der Waals surface area contributed by atoms with Crippen LogP contribution >= 0.6 is 8.25 Å². The number of ether oxygens (including phenoxy) is 4. The topological polar surface area (TPSA) is 107 Å². The minimum absolute atomic E-state index is 0.353. The maximum atomic E-state index is 11.5. The first-order valence-corrected chi connectivity index (χ1v) is 7.94. The molecule has 0 aromatic carbocycles. The number of carbonyl (C=O) groups excluding carboxylic acids is 2. The summed E-state index contributed by atoms with van der Waals surface area (Å²) in [6, 6.07) is 0. The fourth-order valence-corrected chi connectivity index (χ4v) is 1.75. The highest BCUT2D eigenvalue weighted by atomic mass is 31.1. The Labute approximate surface area is 130 Å². The van der Waals surface area contributed by atoms with E-state index in [1.807, 2.05) is 0 Å². The van der Waals surface area contributed by atoms with Gasteiger partial charge in [0.2, 0.25) is 12.6 Å². The third-order valence-electron chi connectivity index (χ3n) is 1.71. The smallest absolute Gasteiger partial charge is 0.432 e. The summed E-state index contributed by atoms with van der Waals surface area (Å²) in [4.78, 5) is 22.3. The number of rotatable bonds is 8. The van der Waals surface area contributed by atoms with Crippen molar-refractivity contribution in [3.8, 4) is 0 Å². The van der Waals surface area contributed by atoms with Crippen LogP contribution in [0.4, 0.5) is 9.59 Å². The molecule has 130 valence electrons. The molecular formula is C12H23O9P. The van der Waals surface area contributed by atoms with E-state index in [4.69, 9.17) is 18.5 Å². The molecule has 2 unspecified atom stereocenters. The molecule has 0 bridgehead atoms. The van der Waals surface area contributed by atoms with Crippen molar-refractivity contribution in [3.63, 3.8) is 0 Å². The molecule has 0 saturated heterocycles. The average molecular weight is 342 g/mol. The van der Waals surface area contributed by atoms with Gasteiger partial charge in [0.15, 0.2) is 0 Å². The van der Waals surface area contributed by atoms with Gasteiger partial charge >= 0.3 is 20.6 Å². The Morgan fingerprint density at radius 2 is 1.00 bits per heavy atom. The van der Waals surface area contributed by atoms with Crippen molar-refractivity contribution in [2.24, 2.45) is 0 Å². The monoisotopic (exact) mass is 342 g/mol. The summed E-state index contributed by atoms with van der Waals surface area (Å²) in [5, 5.41) is 0. The van der Waals surface area contributed by atoms with Crippen LogP contribution in [-0.4, -0.2) is 37.1 Å². The first-order chi connectivity index (χ1) is 10.1. The molecule has 0 aliphatic rings. The molecule has 0 aromatic heterocycles. The number of hydrogen-bond donors (Lipinski definition) is 0. The summed E-state index contributed by atoms with van der Waals surface area (Å²) in [6.45, 7) is 9.27. The van der Waals surface area contributed by atoms with Crippen LogP contribution in [0.15, 0.2) is 0 Å². The molecule has 0 heterocycles. The van der Waals surface area contributed by atoms with Crippen molar-refractivity contribution in [3.05, 3.63) is 0 Å². The zero-order chi connectivity index (χ0) is 17.3. The van der Waals surface area contributed by atoms with E-state index in [1.165, 1.54) is 13.8 Å². The molecule has 0 amide bonds. The van der Waals surface area contributed by atoms with Crippen molar-refractivity contribution < 1.29 is 42.1 Å². The third kappa shape index (κ3) is 11.4. The standard InChI is InChI=1S/C12H23O9P/c1-7(2)16-11(13)18-9(5)20-22(15)21-10(6)19-12(14)17-8(3)4/h7-10,22H,1-6H3. The Kier molecular flexibility index (Phi) is 9.80. The normalized spacial score (nSPS) is 15.1. The highest BCUT2D eigenvalue weighted by molar-refractivity contribution is 7.33. The lowest BCUT2D eigenvalue weighted by molar-refractivity contribution is -0.0853. The molecule has 0 fully saturated rings. The largest absolute Gasteiger partial charge is 0.510 e. The molecule has 22 heavy (non-hydrogen) atoms. The molecule has 0 aliphatic heterocycles. The molecule has 0 rings (SSSR count). The minimum Gasteiger partial charge on any atom is -0.432 e. The first kappa shape index (κ1) is 20.7. The Morgan fingerprint density at radius 1 is 0.682 bits per heavy atom. The average Bonchev–Trinajstić information content (AvgIpc) is 2.23. The van der Waals surface area contributed by atoms with Gasteiger partial charge in [0.05, 0.1) is 12.2 Å². The maximum Gasteiger partial charge on any atom is 0.510 e. The fourth-order valence-electron chi connectivity index (χ4n) is 1.06. The van der Waals surface area contributed by atoms with Gasteiger partial charge in [-0.25, -0.2) is 9.59 Å². The predicted octanol–water partition coefficient (Wildman–Crippen LogP) is 3.22. The SMILES string of the molecule is CC(C)OC(=O)OC(C)O[PH](=O)OC(C)OC(=O)OC(C)C. The van der Waals surface area contributed by atoms with Crippen LogP contribution in [0, 0.1) is 0 Å². The van der Waals surface area contributed by atoms with Gasteiger partial charge in [-0.05, 0) is 41.5 Å². The zero-order valence-electron chi connectivity index (χ0n) is 13.5. The molecular weight excluding hydrogens is 319 g/mol. The Bertz CT molecular complexity index is 349. The van der Waals surface area contributed by atoms with Gasteiger partial charge in [-0.1, -0.05) is 0 Å². The van der Waals surface area contributed by atoms with Gasteiger partial charge in [0.1, 0.15) is 0 Å². The van der Waals surface area contributed by atoms with Gasteiger partial charge in [-0.15, -0.1) is 0 Å². The Hall–Kier alpha value is -1.31. The van der Waals surface area contributed by atoms with E-state index >= 15 is 0 Å². The lowest BCUT2D eigenvalue weighted by Crippen LogP contribution is -2.21. The molecule has 0 spiro atoms. The van der Waals surface area contributed by atoms with Crippen LogP contribution < -0.4 is 0 Å². The zero-order valence-corrected chi connectivity index (χ0v) is 14.5. The van der Waals surface area contributed by atoms with Crippen LogP contribution in [0.3, 0.4) is 0 Å². The number of hydrogen-bond acceptors (Lipinski definition) is 9. The van der Waals surface area contributed by atoms with Crippen LogP contribution in [-0.2, 0) is 32.6 Å². The van der Waals surface area contributed by atoms with E-state index in [0.717, 1.165) is 0 Å². The van der Waals surface area contributed by atoms with Gasteiger partial charge in [0, 0.05) is 0 Å². The lowest BCUT2D eigenvalue weighted by Gasteiger charge is -2.17. The molecule has 2 atom stereocenters. The molecule has 0 saturated carbocycles. The molecule has 0 radical (unpaired) electrons. The molecule has 10 heteroatoms. The highest BCUT2D eigenvalue weighted by Gasteiger charge is 2.19. The summed E-state index contributed by atoms with van der Waals surface area (Å²) < 4.78 is 39.9. The summed E-state index contributed by atoms with van der Waals surface area (Å²) in [5.74, 6) is 0. The molecule has 9 nitrogen and oxygen atoms in total. The van der Waals surface area contributed by atoms with Gasteiger partial charge in [0.25, 0.3) is 0 Å². The Morgan fingerprint density at radius 3 is 1.27 bits per heavy atom. The van der Waals surface area contributed by atoms with Crippen molar-refractivity contribution >= 4 is 20.6 Å². The van der Waals surface area contributed by atoms with E-state index < -0.39 is 33.1 Å². The van der Waals surface area contributed by atoms with Crippen molar-refractivity contribution in [1.82, 2.24) is 0 Å². The second-order valence-electron chi connectivity index (χ2n) is 4.69. The van der Waals surface area contributed by atoms with E-state index in [9.17, 15) is 14.2 Å². The lowest BCUT2D eigenvalue weighted by atomic mass is 10.5.